The predicted molar refractivity (Wildman–Crippen MR) is 118 cm³/mol. The van der Waals surface area contributed by atoms with Gasteiger partial charge < -0.3 is 19.5 Å². The highest BCUT2D eigenvalue weighted by Gasteiger charge is 2.47. The number of aromatic nitrogens is 1. The number of carbonyl (C=O) groups excluding carboxylic acids is 2. The van der Waals surface area contributed by atoms with Crippen molar-refractivity contribution in [1.82, 2.24) is 9.88 Å². The lowest BCUT2D eigenvalue weighted by molar-refractivity contribution is -0.140. The van der Waals surface area contributed by atoms with Crippen molar-refractivity contribution in [2.75, 3.05) is 14.2 Å². The van der Waals surface area contributed by atoms with Crippen molar-refractivity contribution in [1.29, 1.82) is 0 Å². The first-order valence-corrected chi connectivity index (χ1v) is 9.99. The molecule has 1 aliphatic heterocycles. The van der Waals surface area contributed by atoms with Gasteiger partial charge in [0.25, 0.3) is 11.7 Å². The minimum atomic E-state index is -0.836. The normalized spacial score (nSPS) is 17.4. The summed E-state index contributed by atoms with van der Waals surface area (Å²) in [6.07, 6.45) is 3.28. The number of likely N-dealkylation sites (tertiary alicyclic amines) is 1. The number of hydrogen-bond acceptors (Lipinski definition) is 6. The van der Waals surface area contributed by atoms with Crippen molar-refractivity contribution in [2.45, 2.75) is 12.6 Å². The first kappa shape index (κ1) is 21.1. The lowest BCUT2D eigenvalue weighted by Gasteiger charge is -2.26. The van der Waals surface area contributed by atoms with Crippen LogP contribution in [0.15, 0.2) is 78.6 Å². The fraction of sp³-hybridized carbons (Fsp3) is 0.160. The molecule has 1 aliphatic rings. The van der Waals surface area contributed by atoms with Crippen molar-refractivity contribution < 1.29 is 24.2 Å². The van der Waals surface area contributed by atoms with E-state index >= 15 is 0 Å². The number of para-hydroxylation sites is 1. The lowest BCUT2D eigenvalue weighted by atomic mass is 9.94. The maximum atomic E-state index is 13.2. The Bertz CT molecular complexity index is 1190. The van der Waals surface area contributed by atoms with E-state index in [1.165, 1.54) is 19.1 Å². The molecule has 2 heterocycles. The summed E-state index contributed by atoms with van der Waals surface area (Å²) in [6, 6.07) is 16.6. The number of rotatable bonds is 6. The molecule has 1 fully saturated rings. The predicted octanol–water partition coefficient (Wildman–Crippen LogP) is 3.72. The average Bonchev–Trinajstić information content (AvgIpc) is 3.09. The Labute approximate surface area is 185 Å². The van der Waals surface area contributed by atoms with Gasteiger partial charge in [0, 0.05) is 30.1 Å². The molecular weight excluding hydrogens is 408 g/mol. The molecule has 2 aromatic carbocycles. The fourth-order valence-electron chi connectivity index (χ4n) is 3.87. The van der Waals surface area contributed by atoms with Crippen molar-refractivity contribution in [3.63, 3.8) is 0 Å². The smallest absolute Gasteiger partial charge is 0.295 e. The molecule has 1 amide bonds. The number of carbonyl (C=O) groups is 2. The van der Waals surface area contributed by atoms with Gasteiger partial charge in [-0.2, -0.15) is 0 Å². The second kappa shape index (κ2) is 8.93. The van der Waals surface area contributed by atoms with Crippen LogP contribution in [-0.4, -0.2) is 40.9 Å². The zero-order chi connectivity index (χ0) is 22.7. The van der Waals surface area contributed by atoms with E-state index in [4.69, 9.17) is 9.47 Å². The Morgan fingerprint density at radius 2 is 1.84 bits per heavy atom. The van der Waals surface area contributed by atoms with E-state index in [1.54, 1.807) is 67.0 Å². The Morgan fingerprint density at radius 3 is 2.56 bits per heavy atom. The number of ketones is 1. The summed E-state index contributed by atoms with van der Waals surface area (Å²) >= 11 is 0. The van der Waals surface area contributed by atoms with Gasteiger partial charge in [0.15, 0.2) is 0 Å². The molecule has 162 valence electrons. The van der Waals surface area contributed by atoms with Crippen LogP contribution in [0.5, 0.6) is 11.5 Å². The highest BCUT2D eigenvalue weighted by atomic mass is 16.5. The highest BCUT2D eigenvalue weighted by molar-refractivity contribution is 6.46. The molecule has 7 nitrogen and oxygen atoms in total. The molecule has 0 bridgehead atoms. The number of benzene rings is 2. The standard InChI is InChI=1S/C25H22N2O5/c1-31-18-9-5-8-17(13-18)23(28)21-22(19-10-3-4-11-20(19)32-2)27(25(30)24(21)29)15-16-7-6-12-26-14-16/h3-14,22,28H,15H2,1-2H3/t22-/m1/s1. The monoisotopic (exact) mass is 430 g/mol. The van der Waals surface area contributed by atoms with Gasteiger partial charge >= 0.3 is 0 Å². The van der Waals surface area contributed by atoms with E-state index < -0.39 is 17.7 Å². The molecule has 0 radical (unpaired) electrons. The van der Waals surface area contributed by atoms with Gasteiger partial charge in [-0.05, 0) is 29.8 Å². The number of nitrogens with zero attached hydrogens (tertiary/aromatic N) is 2. The molecule has 7 heteroatoms. The van der Waals surface area contributed by atoms with Gasteiger partial charge in [0.2, 0.25) is 0 Å². The SMILES string of the molecule is COc1cccc(C(O)=C2C(=O)C(=O)N(Cc3cccnc3)[C@@H]2c2ccccc2OC)c1. The Balaban J connectivity index is 1.90. The van der Waals surface area contributed by atoms with Crippen molar-refractivity contribution in [3.05, 3.63) is 95.3 Å². The number of aliphatic hydroxyl groups is 1. The number of ether oxygens (including phenoxy) is 2. The first-order chi connectivity index (χ1) is 15.5. The largest absolute Gasteiger partial charge is 0.507 e. The van der Waals surface area contributed by atoms with Crippen LogP contribution in [0.2, 0.25) is 0 Å². The van der Waals surface area contributed by atoms with Crippen LogP contribution >= 0.6 is 0 Å². The molecule has 1 saturated heterocycles. The van der Waals surface area contributed by atoms with Gasteiger partial charge in [0.05, 0.1) is 25.8 Å². The van der Waals surface area contributed by atoms with Crippen molar-refractivity contribution in [2.24, 2.45) is 0 Å². The number of amides is 1. The van der Waals surface area contributed by atoms with Crippen LogP contribution in [0.25, 0.3) is 5.76 Å². The topological polar surface area (TPSA) is 89.0 Å². The highest BCUT2D eigenvalue weighted by Crippen LogP contribution is 2.43. The summed E-state index contributed by atoms with van der Waals surface area (Å²) in [4.78, 5) is 31.8. The number of methoxy groups -OCH3 is 2. The Morgan fingerprint density at radius 1 is 1.03 bits per heavy atom. The number of aliphatic hydroxyl groups excluding tert-OH is 1. The second-order valence-corrected chi connectivity index (χ2v) is 7.26. The molecule has 3 aromatic rings. The van der Waals surface area contributed by atoms with Crippen LogP contribution in [-0.2, 0) is 16.1 Å². The molecule has 0 saturated carbocycles. The maximum Gasteiger partial charge on any atom is 0.295 e. The van der Waals surface area contributed by atoms with Crippen LogP contribution < -0.4 is 9.47 Å². The van der Waals surface area contributed by atoms with Crippen molar-refractivity contribution in [3.8, 4) is 11.5 Å². The van der Waals surface area contributed by atoms with Crippen LogP contribution in [0, 0.1) is 0 Å². The van der Waals surface area contributed by atoms with E-state index in [1.807, 2.05) is 6.07 Å². The van der Waals surface area contributed by atoms with Gasteiger partial charge in [-0.3, -0.25) is 14.6 Å². The summed E-state index contributed by atoms with van der Waals surface area (Å²) in [7, 11) is 3.04. The number of pyridine rings is 1. The molecule has 1 atom stereocenters. The van der Waals surface area contributed by atoms with E-state index in [9.17, 15) is 14.7 Å². The third kappa shape index (κ3) is 3.80. The minimum absolute atomic E-state index is 0.00311. The third-order valence-corrected chi connectivity index (χ3v) is 5.39. The molecule has 0 spiro atoms. The fourth-order valence-corrected chi connectivity index (χ4v) is 3.87. The second-order valence-electron chi connectivity index (χ2n) is 7.26. The molecule has 1 aromatic heterocycles. The van der Waals surface area contributed by atoms with E-state index in [-0.39, 0.29) is 17.9 Å². The molecule has 4 rings (SSSR count). The van der Waals surface area contributed by atoms with Gasteiger partial charge in [0.1, 0.15) is 17.3 Å². The zero-order valence-electron chi connectivity index (χ0n) is 17.7. The molecule has 0 aliphatic carbocycles. The summed E-state index contributed by atoms with van der Waals surface area (Å²) < 4.78 is 10.8. The Kier molecular flexibility index (Phi) is 5.89. The maximum absolute atomic E-state index is 13.2. The number of hydrogen-bond donors (Lipinski definition) is 1. The van der Waals surface area contributed by atoms with E-state index in [0.29, 0.717) is 22.6 Å². The molecule has 32 heavy (non-hydrogen) atoms. The summed E-state index contributed by atoms with van der Waals surface area (Å²) in [6.45, 7) is 0.149. The van der Waals surface area contributed by atoms with Crippen LogP contribution in [0.1, 0.15) is 22.7 Å². The first-order valence-electron chi connectivity index (χ1n) is 9.99. The number of Topliss-reactive ketones (excluding diaryl/α,β-unsaturated/α-hetero) is 1. The van der Waals surface area contributed by atoms with E-state index in [0.717, 1.165) is 5.56 Å². The summed E-state index contributed by atoms with van der Waals surface area (Å²) in [5, 5.41) is 11.2. The minimum Gasteiger partial charge on any atom is -0.507 e. The Hall–Kier alpha value is -4.13. The molecule has 1 N–H and O–H groups in total. The van der Waals surface area contributed by atoms with E-state index in [2.05, 4.69) is 4.98 Å². The average molecular weight is 430 g/mol. The summed E-state index contributed by atoms with van der Waals surface area (Å²) in [5.41, 5.74) is 1.73. The zero-order valence-corrected chi connectivity index (χ0v) is 17.7. The van der Waals surface area contributed by atoms with Crippen molar-refractivity contribution >= 4 is 17.4 Å². The molecule has 0 unspecified atom stereocenters. The van der Waals surface area contributed by atoms with Crippen LogP contribution in [0.4, 0.5) is 0 Å². The van der Waals surface area contributed by atoms with Gasteiger partial charge in [-0.1, -0.05) is 36.4 Å². The molecular formula is C25H22N2O5. The summed E-state index contributed by atoms with van der Waals surface area (Å²) in [5.74, 6) is -0.703. The quantitative estimate of drug-likeness (QED) is 0.364. The lowest BCUT2D eigenvalue weighted by Crippen LogP contribution is -2.29. The van der Waals surface area contributed by atoms with Gasteiger partial charge in [-0.15, -0.1) is 0 Å². The third-order valence-electron chi connectivity index (χ3n) is 5.39. The van der Waals surface area contributed by atoms with Crippen LogP contribution in [0.3, 0.4) is 0 Å². The van der Waals surface area contributed by atoms with Gasteiger partial charge in [-0.25, -0.2) is 0 Å².